The van der Waals surface area contributed by atoms with Crippen LogP contribution in [0.3, 0.4) is 0 Å². The average molecular weight is 268 g/mol. The van der Waals surface area contributed by atoms with E-state index in [0.29, 0.717) is 6.54 Å². The van der Waals surface area contributed by atoms with Crippen LogP contribution in [0.15, 0.2) is 36.7 Å². The summed E-state index contributed by atoms with van der Waals surface area (Å²) >= 11 is 0. The van der Waals surface area contributed by atoms with Gasteiger partial charge in [0.2, 0.25) is 0 Å². The highest BCUT2D eigenvalue weighted by Crippen LogP contribution is 2.26. The molecule has 3 aromatic rings. The van der Waals surface area contributed by atoms with Gasteiger partial charge in [-0.05, 0) is 30.5 Å². The largest absolute Gasteiger partial charge is 0.497 e. The molecule has 2 aromatic heterocycles. The van der Waals surface area contributed by atoms with E-state index in [2.05, 4.69) is 20.5 Å². The van der Waals surface area contributed by atoms with Crippen LogP contribution in [0, 0.1) is 6.92 Å². The lowest BCUT2D eigenvalue weighted by Gasteiger charge is -2.09. The van der Waals surface area contributed by atoms with Gasteiger partial charge < -0.3 is 10.1 Å². The predicted octanol–water partition coefficient (Wildman–Crippen LogP) is 2.89. The molecule has 5 heteroatoms. The molecule has 0 bridgehead atoms. The maximum atomic E-state index is 5.28. The fourth-order valence-electron chi connectivity index (χ4n) is 2.15. The standard InChI is InChI=1S/C15H16N4O/c1-10-12(9-18-19-10)8-17-15-14-7-13(20-2)4-3-11(14)5-6-16-15/h3-7,9H,8H2,1-2H3,(H,16,17)(H,18,19). The molecule has 0 saturated carbocycles. The Bertz CT molecular complexity index is 736. The molecule has 0 unspecified atom stereocenters. The number of anilines is 1. The van der Waals surface area contributed by atoms with Crippen molar-refractivity contribution in [3.63, 3.8) is 0 Å². The van der Waals surface area contributed by atoms with Gasteiger partial charge in [-0.25, -0.2) is 4.98 Å². The molecule has 0 aliphatic carbocycles. The molecule has 0 radical (unpaired) electrons. The van der Waals surface area contributed by atoms with E-state index in [-0.39, 0.29) is 0 Å². The van der Waals surface area contributed by atoms with Gasteiger partial charge in [0.15, 0.2) is 0 Å². The van der Waals surface area contributed by atoms with Crippen LogP contribution < -0.4 is 10.1 Å². The first-order chi connectivity index (χ1) is 9.78. The van der Waals surface area contributed by atoms with Gasteiger partial charge in [-0.15, -0.1) is 0 Å². The van der Waals surface area contributed by atoms with Crippen molar-refractivity contribution in [1.82, 2.24) is 15.2 Å². The Hall–Kier alpha value is -2.56. The summed E-state index contributed by atoms with van der Waals surface area (Å²) in [6.07, 6.45) is 3.63. The van der Waals surface area contributed by atoms with E-state index in [1.807, 2.05) is 37.4 Å². The topological polar surface area (TPSA) is 62.8 Å². The van der Waals surface area contributed by atoms with E-state index in [0.717, 1.165) is 33.6 Å². The zero-order chi connectivity index (χ0) is 13.9. The molecule has 102 valence electrons. The number of benzene rings is 1. The molecule has 0 saturated heterocycles. The summed E-state index contributed by atoms with van der Waals surface area (Å²) in [5.41, 5.74) is 2.20. The molecule has 0 amide bonds. The molecule has 0 aliphatic rings. The fraction of sp³-hybridized carbons (Fsp3) is 0.200. The SMILES string of the molecule is COc1ccc2ccnc(NCc3cn[nH]c3C)c2c1. The van der Waals surface area contributed by atoms with Crippen molar-refractivity contribution >= 4 is 16.6 Å². The minimum absolute atomic E-state index is 0.686. The summed E-state index contributed by atoms with van der Waals surface area (Å²) in [6.45, 7) is 2.69. The molecule has 0 spiro atoms. The number of hydrogen-bond donors (Lipinski definition) is 2. The first kappa shape index (κ1) is 12.5. The number of aryl methyl sites for hydroxylation is 1. The molecule has 3 rings (SSSR count). The van der Waals surface area contributed by atoms with Gasteiger partial charge >= 0.3 is 0 Å². The summed E-state index contributed by atoms with van der Waals surface area (Å²) in [5.74, 6) is 1.68. The lowest BCUT2D eigenvalue weighted by molar-refractivity contribution is 0.415. The Balaban J connectivity index is 1.92. The maximum absolute atomic E-state index is 5.28. The highest BCUT2D eigenvalue weighted by molar-refractivity contribution is 5.92. The second kappa shape index (κ2) is 5.21. The Morgan fingerprint density at radius 3 is 2.95 bits per heavy atom. The van der Waals surface area contributed by atoms with Crippen molar-refractivity contribution in [1.29, 1.82) is 0 Å². The Labute approximate surface area is 117 Å². The lowest BCUT2D eigenvalue weighted by atomic mass is 10.1. The number of fused-ring (bicyclic) bond motifs is 1. The van der Waals surface area contributed by atoms with Crippen LogP contribution in [0.5, 0.6) is 5.75 Å². The minimum atomic E-state index is 0.686. The van der Waals surface area contributed by atoms with Gasteiger partial charge in [-0.1, -0.05) is 6.07 Å². The summed E-state index contributed by atoms with van der Waals surface area (Å²) < 4.78 is 5.28. The number of methoxy groups -OCH3 is 1. The second-order valence-corrected chi connectivity index (χ2v) is 4.62. The van der Waals surface area contributed by atoms with Crippen molar-refractivity contribution in [2.45, 2.75) is 13.5 Å². The number of aromatic nitrogens is 3. The average Bonchev–Trinajstić information content (AvgIpc) is 2.89. The Morgan fingerprint density at radius 2 is 2.20 bits per heavy atom. The van der Waals surface area contributed by atoms with Crippen molar-refractivity contribution in [2.75, 3.05) is 12.4 Å². The smallest absolute Gasteiger partial charge is 0.134 e. The molecule has 0 aliphatic heterocycles. The third-order valence-electron chi connectivity index (χ3n) is 3.35. The predicted molar refractivity (Wildman–Crippen MR) is 78.9 cm³/mol. The molecule has 2 N–H and O–H groups in total. The van der Waals surface area contributed by atoms with E-state index in [9.17, 15) is 0 Å². The number of aromatic amines is 1. The molecule has 0 atom stereocenters. The van der Waals surface area contributed by atoms with E-state index in [1.165, 1.54) is 0 Å². The van der Waals surface area contributed by atoms with Crippen molar-refractivity contribution < 1.29 is 4.74 Å². The molecule has 20 heavy (non-hydrogen) atoms. The number of ether oxygens (including phenoxy) is 1. The van der Waals surface area contributed by atoms with Crippen molar-refractivity contribution in [3.8, 4) is 5.75 Å². The second-order valence-electron chi connectivity index (χ2n) is 4.62. The van der Waals surface area contributed by atoms with Crippen LogP contribution in [0.4, 0.5) is 5.82 Å². The summed E-state index contributed by atoms with van der Waals surface area (Å²) in [6, 6.07) is 7.96. The van der Waals surface area contributed by atoms with E-state index >= 15 is 0 Å². The summed E-state index contributed by atoms with van der Waals surface area (Å²) in [7, 11) is 1.67. The Morgan fingerprint density at radius 1 is 1.30 bits per heavy atom. The van der Waals surface area contributed by atoms with Gasteiger partial charge in [-0.2, -0.15) is 5.10 Å². The number of rotatable bonds is 4. The van der Waals surface area contributed by atoms with Gasteiger partial charge in [0.1, 0.15) is 11.6 Å². The number of hydrogen-bond acceptors (Lipinski definition) is 4. The van der Waals surface area contributed by atoms with Gasteiger partial charge in [0, 0.05) is 29.4 Å². The maximum Gasteiger partial charge on any atom is 0.134 e. The third-order valence-corrected chi connectivity index (χ3v) is 3.35. The quantitative estimate of drug-likeness (QED) is 0.763. The normalized spacial score (nSPS) is 10.7. The van der Waals surface area contributed by atoms with E-state index in [4.69, 9.17) is 4.74 Å². The van der Waals surface area contributed by atoms with Gasteiger partial charge in [0.25, 0.3) is 0 Å². The lowest BCUT2D eigenvalue weighted by Crippen LogP contribution is -2.02. The van der Waals surface area contributed by atoms with Crippen LogP contribution >= 0.6 is 0 Å². The van der Waals surface area contributed by atoms with Crippen LogP contribution in [-0.2, 0) is 6.54 Å². The van der Waals surface area contributed by atoms with Crippen LogP contribution in [0.1, 0.15) is 11.3 Å². The van der Waals surface area contributed by atoms with Gasteiger partial charge in [0.05, 0.1) is 13.3 Å². The first-order valence-electron chi connectivity index (χ1n) is 6.43. The molecular formula is C15H16N4O. The van der Waals surface area contributed by atoms with Crippen LogP contribution in [0.25, 0.3) is 10.8 Å². The van der Waals surface area contributed by atoms with Crippen molar-refractivity contribution in [3.05, 3.63) is 47.9 Å². The molecular weight excluding hydrogens is 252 g/mol. The van der Waals surface area contributed by atoms with Gasteiger partial charge in [-0.3, -0.25) is 5.10 Å². The summed E-state index contributed by atoms with van der Waals surface area (Å²) in [4.78, 5) is 4.41. The zero-order valence-electron chi connectivity index (χ0n) is 11.5. The fourth-order valence-corrected chi connectivity index (χ4v) is 2.15. The zero-order valence-corrected chi connectivity index (χ0v) is 11.5. The highest BCUT2D eigenvalue weighted by atomic mass is 16.5. The summed E-state index contributed by atoms with van der Waals surface area (Å²) in [5, 5.41) is 12.5. The highest BCUT2D eigenvalue weighted by Gasteiger charge is 2.05. The van der Waals surface area contributed by atoms with Crippen molar-refractivity contribution in [2.24, 2.45) is 0 Å². The monoisotopic (exact) mass is 268 g/mol. The van der Waals surface area contributed by atoms with Crippen LogP contribution in [-0.4, -0.2) is 22.3 Å². The molecule has 1 aromatic carbocycles. The van der Waals surface area contributed by atoms with Crippen LogP contribution in [0.2, 0.25) is 0 Å². The van der Waals surface area contributed by atoms with E-state index in [1.54, 1.807) is 13.3 Å². The number of nitrogens with zero attached hydrogens (tertiary/aromatic N) is 2. The Kier molecular flexibility index (Phi) is 3.25. The molecule has 2 heterocycles. The first-order valence-corrected chi connectivity index (χ1v) is 6.43. The third kappa shape index (κ3) is 2.30. The number of H-pyrrole nitrogens is 1. The number of pyridine rings is 1. The minimum Gasteiger partial charge on any atom is -0.497 e. The molecule has 5 nitrogen and oxygen atoms in total. The number of nitrogens with one attached hydrogen (secondary N) is 2. The van der Waals surface area contributed by atoms with E-state index < -0.39 is 0 Å². The molecule has 0 fully saturated rings.